The zero-order valence-corrected chi connectivity index (χ0v) is 12.5. The molecule has 0 aliphatic carbocycles. The Bertz CT molecular complexity index is 551. The Morgan fingerprint density at radius 1 is 1.20 bits per heavy atom. The van der Waals surface area contributed by atoms with Crippen LogP contribution in [-0.2, 0) is 10.0 Å². The molecule has 20 heavy (non-hydrogen) atoms. The molecule has 0 radical (unpaired) electrons. The Morgan fingerprint density at radius 3 is 2.25 bits per heavy atom. The molecule has 0 bridgehead atoms. The van der Waals surface area contributed by atoms with Crippen molar-refractivity contribution in [3.05, 3.63) is 29.8 Å². The van der Waals surface area contributed by atoms with Crippen molar-refractivity contribution >= 4 is 10.0 Å². The van der Waals surface area contributed by atoms with Gasteiger partial charge < -0.3 is 10.2 Å². The molecule has 1 saturated heterocycles. The zero-order chi connectivity index (χ0) is 14.9. The van der Waals surface area contributed by atoms with Gasteiger partial charge >= 0.3 is 0 Å². The number of hydrogen-bond donors (Lipinski definition) is 2. The minimum Gasteiger partial charge on any atom is -0.393 e. The highest BCUT2D eigenvalue weighted by molar-refractivity contribution is 7.89. The number of nitrogens with zero attached hydrogens (tertiary/aromatic N) is 1. The summed E-state index contributed by atoms with van der Waals surface area (Å²) in [7, 11) is -3.51. The summed E-state index contributed by atoms with van der Waals surface area (Å²) in [6, 6.07) is 6.29. The van der Waals surface area contributed by atoms with Crippen molar-refractivity contribution < 1.29 is 18.6 Å². The molecular weight excluding hydrogens is 278 g/mol. The maximum Gasteiger partial charge on any atom is 0.243 e. The molecule has 5 nitrogen and oxygen atoms in total. The lowest BCUT2D eigenvalue weighted by Gasteiger charge is -2.18. The van der Waals surface area contributed by atoms with Gasteiger partial charge in [0.15, 0.2) is 0 Å². The van der Waals surface area contributed by atoms with Crippen LogP contribution in [0.25, 0.3) is 0 Å². The molecule has 1 heterocycles. The van der Waals surface area contributed by atoms with E-state index < -0.39 is 22.2 Å². The van der Waals surface area contributed by atoms with Gasteiger partial charge in [0.2, 0.25) is 10.0 Å². The van der Waals surface area contributed by atoms with Crippen LogP contribution < -0.4 is 0 Å². The molecular formula is C14H21NO4S. The van der Waals surface area contributed by atoms with Crippen LogP contribution in [0.3, 0.4) is 0 Å². The first kappa shape index (κ1) is 15.4. The van der Waals surface area contributed by atoms with Gasteiger partial charge in [0.05, 0.1) is 17.1 Å². The van der Waals surface area contributed by atoms with E-state index in [0.717, 1.165) is 0 Å². The third-order valence-electron chi connectivity index (χ3n) is 3.87. The molecule has 0 aromatic heterocycles. The van der Waals surface area contributed by atoms with Gasteiger partial charge in [-0.25, -0.2) is 8.42 Å². The van der Waals surface area contributed by atoms with Gasteiger partial charge in [-0.2, -0.15) is 4.31 Å². The molecule has 2 rings (SSSR count). The van der Waals surface area contributed by atoms with Crippen LogP contribution in [0.4, 0.5) is 0 Å². The SMILES string of the molecule is CC(O)c1ccc(S(=O)(=O)N2CCC(C(C)O)C2)cc1. The Hall–Kier alpha value is -0.950. The first-order valence-electron chi connectivity index (χ1n) is 6.78. The Kier molecular flexibility index (Phi) is 4.49. The topological polar surface area (TPSA) is 77.8 Å². The predicted octanol–water partition coefficient (Wildman–Crippen LogP) is 1.13. The molecule has 0 saturated carbocycles. The van der Waals surface area contributed by atoms with E-state index in [1.54, 1.807) is 26.0 Å². The molecule has 0 spiro atoms. The normalized spacial score (nSPS) is 23.7. The van der Waals surface area contributed by atoms with Crippen molar-refractivity contribution in [1.82, 2.24) is 4.31 Å². The van der Waals surface area contributed by atoms with Crippen LogP contribution in [0.2, 0.25) is 0 Å². The summed E-state index contributed by atoms with van der Waals surface area (Å²) >= 11 is 0. The second kappa shape index (κ2) is 5.81. The first-order valence-corrected chi connectivity index (χ1v) is 8.22. The summed E-state index contributed by atoms with van der Waals surface area (Å²) in [5, 5.41) is 19.0. The Morgan fingerprint density at radius 2 is 1.80 bits per heavy atom. The summed E-state index contributed by atoms with van der Waals surface area (Å²) in [5.41, 5.74) is 0.687. The molecule has 0 amide bonds. The van der Waals surface area contributed by atoms with E-state index in [0.29, 0.717) is 25.1 Å². The van der Waals surface area contributed by atoms with Gasteiger partial charge in [-0.1, -0.05) is 12.1 Å². The van der Waals surface area contributed by atoms with E-state index in [4.69, 9.17) is 0 Å². The summed E-state index contributed by atoms with van der Waals surface area (Å²) in [6.07, 6.45) is -0.422. The number of hydrogen-bond acceptors (Lipinski definition) is 4. The second-order valence-electron chi connectivity index (χ2n) is 5.40. The van der Waals surface area contributed by atoms with Gasteiger partial charge in [0.25, 0.3) is 0 Å². The average Bonchev–Trinajstić information content (AvgIpc) is 2.89. The molecule has 3 unspecified atom stereocenters. The monoisotopic (exact) mass is 299 g/mol. The van der Waals surface area contributed by atoms with E-state index >= 15 is 0 Å². The Balaban J connectivity index is 2.19. The smallest absolute Gasteiger partial charge is 0.243 e. The highest BCUT2D eigenvalue weighted by Crippen LogP contribution is 2.26. The number of sulfonamides is 1. The summed E-state index contributed by atoms with van der Waals surface area (Å²) in [5.74, 6) is 0.00140. The quantitative estimate of drug-likeness (QED) is 0.873. The lowest BCUT2D eigenvalue weighted by molar-refractivity contribution is 0.133. The fourth-order valence-electron chi connectivity index (χ4n) is 2.43. The van der Waals surface area contributed by atoms with Crippen LogP contribution in [0, 0.1) is 5.92 Å². The predicted molar refractivity (Wildman–Crippen MR) is 75.6 cm³/mol. The van der Waals surface area contributed by atoms with E-state index in [1.165, 1.54) is 16.4 Å². The first-order chi connectivity index (χ1) is 9.32. The van der Waals surface area contributed by atoms with Crippen molar-refractivity contribution in [1.29, 1.82) is 0 Å². The number of aliphatic hydroxyl groups excluding tert-OH is 2. The third-order valence-corrected chi connectivity index (χ3v) is 5.75. The molecule has 1 aromatic rings. The van der Waals surface area contributed by atoms with Crippen molar-refractivity contribution in [3.8, 4) is 0 Å². The molecule has 1 aromatic carbocycles. The van der Waals surface area contributed by atoms with E-state index in [9.17, 15) is 18.6 Å². The Labute approximate surface area is 119 Å². The summed E-state index contributed by atoms with van der Waals surface area (Å²) in [4.78, 5) is 0.230. The van der Waals surface area contributed by atoms with Crippen LogP contribution in [0.1, 0.15) is 31.9 Å². The van der Waals surface area contributed by atoms with E-state index in [1.807, 2.05) is 0 Å². The molecule has 112 valence electrons. The highest BCUT2D eigenvalue weighted by Gasteiger charge is 2.34. The maximum atomic E-state index is 12.5. The van der Waals surface area contributed by atoms with Gasteiger partial charge in [0.1, 0.15) is 0 Å². The van der Waals surface area contributed by atoms with Crippen LogP contribution in [0.5, 0.6) is 0 Å². The van der Waals surface area contributed by atoms with Crippen molar-refractivity contribution in [3.63, 3.8) is 0 Å². The lowest BCUT2D eigenvalue weighted by Crippen LogP contribution is -2.30. The number of rotatable bonds is 4. The number of aliphatic hydroxyl groups is 2. The molecule has 1 fully saturated rings. The molecule has 1 aliphatic rings. The van der Waals surface area contributed by atoms with E-state index in [2.05, 4.69) is 0 Å². The fraction of sp³-hybridized carbons (Fsp3) is 0.571. The van der Waals surface area contributed by atoms with Gasteiger partial charge in [0, 0.05) is 13.1 Å². The van der Waals surface area contributed by atoms with Gasteiger partial charge in [-0.15, -0.1) is 0 Å². The second-order valence-corrected chi connectivity index (χ2v) is 7.34. The molecule has 1 aliphatic heterocycles. The van der Waals surface area contributed by atoms with Crippen molar-refractivity contribution in [2.75, 3.05) is 13.1 Å². The van der Waals surface area contributed by atoms with Crippen molar-refractivity contribution in [2.24, 2.45) is 5.92 Å². The van der Waals surface area contributed by atoms with Gasteiger partial charge in [-0.05, 0) is 43.9 Å². The van der Waals surface area contributed by atoms with Crippen LogP contribution in [0.15, 0.2) is 29.2 Å². The van der Waals surface area contributed by atoms with Gasteiger partial charge in [-0.3, -0.25) is 0 Å². The lowest BCUT2D eigenvalue weighted by atomic mass is 10.0. The average molecular weight is 299 g/mol. The van der Waals surface area contributed by atoms with Crippen LogP contribution in [-0.4, -0.2) is 42.1 Å². The minimum atomic E-state index is -3.51. The summed E-state index contributed by atoms with van der Waals surface area (Å²) < 4.78 is 26.3. The summed E-state index contributed by atoms with van der Waals surface area (Å²) in [6.45, 7) is 4.13. The maximum absolute atomic E-state index is 12.5. The molecule has 6 heteroatoms. The molecule has 2 N–H and O–H groups in total. The number of benzene rings is 1. The third kappa shape index (κ3) is 3.03. The van der Waals surface area contributed by atoms with E-state index in [-0.39, 0.29) is 10.8 Å². The fourth-order valence-corrected chi connectivity index (χ4v) is 3.95. The highest BCUT2D eigenvalue weighted by atomic mass is 32.2. The van der Waals surface area contributed by atoms with Crippen molar-refractivity contribution in [2.45, 2.75) is 37.4 Å². The standard InChI is InChI=1S/C14H21NO4S/c1-10(16)12-3-5-14(6-4-12)20(18,19)15-8-7-13(9-15)11(2)17/h3-6,10-11,13,16-17H,7-9H2,1-2H3. The minimum absolute atomic E-state index is 0.00140. The largest absolute Gasteiger partial charge is 0.393 e. The van der Waals surface area contributed by atoms with Crippen LogP contribution >= 0.6 is 0 Å². The molecule has 3 atom stereocenters. The zero-order valence-electron chi connectivity index (χ0n) is 11.7.